The number of anilines is 1. The molecular formula is C23H24FN7O2. The summed E-state index contributed by atoms with van der Waals surface area (Å²) in [4.78, 5) is 21.8. The third-order valence-electron chi connectivity index (χ3n) is 6.11. The van der Waals surface area contributed by atoms with Crippen molar-refractivity contribution in [2.75, 3.05) is 12.3 Å². The Bertz CT molecular complexity index is 1390. The molecule has 9 nitrogen and oxygen atoms in total. The van der Waals surface area contributed by atoms with Gasteiger partial charge in [-0.15, -0.1) is 0 Å². The van der Waals surface area contributed by atoms with Crippen LogP contribution in [-0.4, -0.2) is 49.3 Å². The molecule has 170 valence electrons. The first-order valence-electron chi connectivity index (χ1n) is 10.7. The molecule has 5 rings (SSSR count). The number of aliphatic hydroxyl groups excluding tert-OH is 1. The van der Waals surface area contributed by atoms with Crippen molar-refractivity contribution in [2.45, 2.75) is 38.5 Å². The fourth-order valence-electron chi connectivity index (χ4n) is 4.29. The van der Waals surface area contributed by atoms with Crippen molar-refractivity contribution in [2.24, 2.45) is 0 Å². The first kappa shape index (κ1) is 21.2. The van der Waals surface area contributed by atoms with Gasteiger partial charge in [-0.2, -0.15) is 9.61 Å². The van der Waals surface area contributed by atoms with E-state index < -0.39 is 18.2 Å². The molecular weight excluding hydrogens is 425 g/mol. The van der Waals surface area contributed by atoms with Crippen LogP contribution in [0.15, 0.2) is 36.7 Å². The summed E-state index contributed by atoms with van der Waals surface area (Å²) in [6.45, 7) is 4.07. The average molecular weight is 449 g/mol. The van der Waals surface area contributed by atoms with Gasteiger partial charge in [0.15, 0.2) is 5.65 Å². The zero-order valence-electron chi connectivity index (χ0n) is 18.2. The van der Waals surface area contributed by atoms with Gasteiger partial charge in [0.2, 0.25) is 5.91 Å². The summed E-state index contributed by atoms with van der Waals surface area (Å²) in [7, 11) is 0. The highest BCUT2D eigenvalue weighted by Gasteiger charge is 2.29. The second-order valence-corrected chi connectivity index (χ2v) is 8.44. The fraction of sp³-hybridized carbons (Fsp3) is 0.304. The zero-order valence-corrected chi connectivity index (χ0v) is 18.2. The Kier molecular flexibility index (Phi) is 5.18. The maximum atomic E-state index is 13.7. The number of β-amino-alcohol motifs (C(OH)–C–C–N with tert-alkyl or cyclic N) is 1. The minimum Gasteiger partial charge on any atom is -0.392 e. The van der Waals surface area contributed by atoms with Crippen LogP contribution < -0.4 is 16.4 Å². The smallest absolute Gasteiger partial charge is 0.237 e. The highest BCUT2D eigenvalue weighted by atomic mass is 19.1. The molecule has 0 saturated carbocycles. The first-order chi connectivity index (χ1) is 15.8. The Morgan fingerprint density at radius 3 is 2.94 bits per heavy atom. The standard InChI is InChI=1S/C23H24FN7O2/c1-11-20(12(2)29-23(33)19-7-16(32)9-27-19)30-22-17(10-28-31(22)21(11)25)14-5-13-6-15(24)3-4-18(13)26-8-14/h3-6,8,10,12,16,19,27,32H,7,9,25H2,1-2H3,(H,29,33). The molecule has 3 unspecified atom stereocenters. The summed E-state index contributed by atoms with van der Waals surface area (Å²) < 4.78 is 15.3. The fourth-order valence-corrected chi connectivity index (χ4v) is 4.29. The lowest BCUT2D eigenvalue weighted by atomic mass is 10.1. The van der Waals surface area contributed by atoms with E-state index in [-0.39, 0.29) is 11.7 Å². The van der Waals surface area contributed by atoms with E-state index in [9.17, 15) is 14.3 Å². The summed E-state index contributed by atoms with van der Waals surface area (Å²) >= 11 is 0. The van der Waals surface area contributed by atoms with Crippen LogP contribution in [0, 0.1) is 12.7 Å². The molecule has 4 aromatic rings. The lowest BCUT2D eigenvalue weighted by molar-refractivity contribution is -0.123. The first-order valence-corrected chi connectivity index (χ1v) is 10.7. The van der Waals surface area contributed by atoms with E-state index >= 15 is 0 Å². The lowest BCUT2D eigenvalue weighted by Crippen LogP contribution is -2.41. The van der Waals surface area contributed by atoms with Crippen LogP contribution in [0.5, 0.6) is 0 Å². The van der Waals surface area contributed by atoms with Crippen molar-refractivity contribution < 1.29 is 14.3 Å². The summed E-state index contributed by atoms with van der Waals surface area (Å²) in [5.74, 6) is -0.125. The van der Waals surface area contributed by atoms with Gasteiger partial charge in [0.05, 0.1) is 35.6 Å². The van der Waals surface area contributed by atoms with Crippen molar-refractivity contribution in [1.29, 1.82) is 0 Å². The number of amides is 1. The van der Waals surface area contributed by atoms with Crippen LogP contribution in [0.1, 0.15) is 30.6 Å². The number of aliphatic hydroxyl groups is 1. The lowest BCUT2D eigenvalue weighted by Gasteiger charge is -2.19. The summed E-state index contributed by atoms with van der Waals surface area (Å²) in [6, 6.07) is 5.40. The number of hydrogen-bond acceptors (Lipinski definition) is 7. The number of rotatable bonds is 4. The molecule has 1 amide bonds. The van der Waals surface area contributed by atoms with E-state index in [1.807, 2.05) is 19.9 Å². The molecule has 0 spiro atoms. The second kappa shape index (κ2) is 8.05. The quantitative estimate of drug-likeness (QED) is 0.374. The highest BCUT2D eigenvalue weighted by molar-refractivity contribution is 5.87. The normalized spacial score (nSPS) is 19.3. The molecule has 1 aliphatic heterocycles. The van der Waals surface area contributed by atoms with E-state index in [4.69, 9.17) is 10.7 Å². The highest BCUT2D eigenvalue weighted by Crippen LogP contribution is 2.30. The predicted molar refractivity (Wildman–Crippen MR) is 122 cm³/mol. The molecule has 1 aromatic carbocycles. The number of nitrogens with zero attached hydrogens (tertiary/aromatic N) is 4. The number of nitrogens with two attached hydrogens (primary N) is 1. The van der Waals surface area contributed by atoms with Gasteiger partial charge in [0, 0.05) is 34.8 Å². The van der Waals surface area contributed by atoms with Crippen LogP contribution in [0.2, 0.25) is 0 Å². The van der Waals surface area contributed by atoms with E-state index in [0.29, 0.717) is 52.2 Å². The topological polar surface area (TPSA) is 130 Å². The number of halogens is 1. The molecule has 4 heterocycles. The predicted octanol–water partition coefficient (Wildman–Crippen LogP) is 1.87. The van der Waals surface area contributed by atoms with Gasteiger partial charge in [0.1, 0.15) is 11.6 Å². The van der Waals surface area contributed by atoms with Crippen molar-refractivity contribution in [1.82, 2.24) is 30.2 Å². The zero-order chi connectivity index (χ0) is 23.3. The van der Waals surface area contributed by atoms with Crippen molar-refractivity contribution >= 4 is 28.3 Å². The van der Waals surface area contributed by atoms with Gasteiger partial charge in [-0.25, -0.2) is 9.37 Å². The van der Waals surface area contributed by atoms with E-state index in [1.165, 1.54) is 12.1 Å². The van der Waals surface area contributed by atoms with Gasteiger partial charge in [-0.05, 0) is 44.5 Å². The Balaban J connectivity index is 1.53. The number of aromatic nitrogens is 4. The average Bonchev–Trinajstić information content (AvgIpc) is 3.42. The number of carbonyl (C=O) groups is 1. The minimum absolute atomic E-state index is 0.201. The number of hydrogen-bond donors (Lipinski definition) is 4. The molecule has 33 heavy (non-hydrogen) atoms. The summed E-state index contributed by atoms with van der Waals surface area (Å²) in [5, 5.41) is 20.7. The molecule has 3 aromatic heterocycles. The number of pyridine rings is 1. The number of benzene rings is 1. The third-order valence-corrected chi connectivity index (χ3v) is 6.11. The molecule has 0 bridgehead atoms. The molecule has 5 N–H and O–H groups in total. The molecule has 1 fully saturated rings. The second-order valence-electron chi connectivity index (χ2n) is 8.44. The summed E-state index contributed by atoms with van der Waals surface area (Å²) in [5.41, 5.74) is 10.3. The molecule has 3 atom stereocenters. The molecule has 0 aliphatic carbocycles. The van der Waals surface area contributed by atoms with Gasteiger partial charge in [-0.3, -0.25) is 9.78 Å². The van der Waals surface area contributed by atoms with E-state index in [0.717, 1.165) is 5.56 Å². The van der Waals surface area contributed by atoms with Crippen LogP contribution in [0.4, 0.5) is 10.2 Å². The van der Waals surface area contributed by atoms with Crippen molar-refractivity contribution in [3.63, 3.8) is 0 Å². The van der Waals surface area contributed by atoms with Gasteiger partial charge in [0.25, 0.3) is 0 Å². The molecule has 10 heteroatoms. The number of carbonyl (C=O) groups excluding carboxylic acids is 1. The van der Waals surface area contributed by atoms with Crippen molar-refractivity contribution in [3.05, 3.63) is 53.7 Å². The van der Waals surface area contributed by atoms with E-state index in [1.54, 1.807) is 23.0 Å². The van der Waals surface area contributed by atoms with Gasteiger partial charge >= 0.3 is 0 Å². The number of fused-ring (bicyclic) bond motifs is 2. The SMILES string of the molecule is Cc1c(C(C)NC(=O)C2CC(O)CN2)nc2c(-c3cnc4ccc(F)cc4c3)cnn2c1N. The third kappa shape index (κ3) is 3.77. The van der Waals surface area contributed by atoms with Crippen molar-refractivity contribution in [3.8, 4) is 11.1 Å². The molecule has 1 aliphatic rings. The monoisotopic (exact) mass is 449 g/mol. The largest absolute Gasteiger partial charge is 0.392 e. The Morgan fingerprint density at radius 2 is 2.18 bits per heavy atom. The van der Waals surface area contributed by atoms with Gasteiger partial charge in [-0.1, -0.05) is 0 Å². The van der Waals surface area contributed by atoms with Crippen LogP contribution in [-0.2, 0) is 4.79 Å². The Hall–Kier alpha value is -3.63. The minimum atomic E-state index is -0.527. The maximum Gasteiger partial charge on any atom is 0.237 e. The van der Waals surface area contributed by atoms with E-state index in [2.05, 4.69) is 20.7 Å². The Labute approximate surface area is 188 Å². The van der Waals surface area contributed by atoms with Gasteiger partial charge < -0.3 is 21.5 Å². The summed E-state index contributed by atoms with van der Waals surface area (Å²) in [6.07, 6.45) is 3.18. The number of nitrogen functional groups attached to an aromatic ring is 1. The van der Waals surface area contributed by atoms with Crippen LogP contribution in [0.3, 0.4) is 0 Å². The molecule has 0 radical (unpaired) electrons. The van der Waals surface area contributed by atoms with Crippen LogP contribution >= 0.6 is 0 Å². The maximum absolute atomic E-state index is 13.7. The molecule has 1 saturated heterocycles. The number of nitrogens with one attached hydrogen (secondary N) is 2. The van der Waals surface area contributed by atoms with Crippen LogP contribution in [0.25, 0.3) is 27.7 Å². The Morgan fingerprint density at radius 1 is 1.36 bits per heavy atom.